The molecular weight excluding hydrogens is 295 g/mol. The normalized spacial score (nSPS) is 15.9. The molecule has 0 atom stereocenters. The third-order valence-corrected chi connectivity index (χ3v) is 2.68. The number of carbonyl (C=O) groups excluding carboxylic acids is 3. The van der Waals surface area contributed by atoms with E-state index in [0.717, 1.165) is 4.90 Å². The Bertz CT molecular complexity index is 664. The van der Waals surface area contributed by atoms with Gasteiger partial charge >= 0.3 is 6.18 Å². The topological polar surface area (TPSA) is 99.3 Å². The molecule has 112 valence electrons. The number of rotatable bonds is 1. The molecule has 3 amide bonds. The van der Waals surface area contributed by atoms with Crippen molar-refractivity contribution in [2.75, 3.05) is 13.1 Å². The maximum Gasteiger partial charge on any atom is 0.431 e. The highest BCUT2D eigenvalue weighted by Gasteiger charge is 2.33. The van der Waals surface area contributed by atoms with Gasteiger partial charge in [0.15, 0.2) is 0 Å². The number of nitrogens with zero attached hydrogens (tertiary/aromatic N) is 1. The van der Waals surface area contributed by atoms with Crippen LogP contribution in [0.25, 0.3) is 0 Å². The number of piperazine rings is 1. The first-order valence-corrected chi connectivity index (χ1v) is 5.61. The lowest BCUT2D eigenvalue weighted by molar-refractivity contribution is -0.141. The van der Waals surface area contributed by atoms with Crippen LogP contribution in [-0.4, -0.2) is 40.7 Å². The van der Waals surface area contributed by atoms with Crippen LogP contribution >= 0.6 is 0 Å². The quantitative estimate of drug-likeness (QED) is 0.683. The molecule has 7 nitrogen and oxygen atoms in total. The second-order valence-electron chi connectivity index (χ2n) is 4.25. The summed E-state index contributed by atoms with van der Waals surface area (Å²) in [5.74, 6) is -2.46. The number of amides is 3. The van der Waals surface area contributed by atoms with Gasteiger partial charge in [0.05, 0.1) is 0 Å². The molecule has 21 heavy (non-hydrogen) atoms. The summed E-state index contributed by atoms with van der Waals surface area (Å²) >= 11 is 0. The minimum absolute atomic E-state index is 0.453. The van der Waals surface area contributed by atoms with E-state index >= 15 is 0 Å². The van der Waals surface area contributed by atoms with Crippen molar-refractivity contribution in [3.05, 3.63) is 33.7 Å². The molecule has 2 N–H and O–H groups in total. The second kappa shape index (κ2) is 5.04. The first kappa shape index (κ1) is 14.8. The smallest absolute Gasteiger partial charge is 0.320 e. The Morgan fingerprint density at radius 1 is 1.10 bits per heavy atom. The Labute approximate surface area is 114 Å². The van der Waals surface area contributed by atoms with E-state index in [0.29, 0.717) is 12.1 Å². The van der Waals surface area contributed by atoms with Crippen LogP contribution in [0.3, 0.4) is 0 Å². The lowest BCUT2D eigenvalue weighted by Crippen LogP contribution is -2.54. The van der Waals surface area contributed by atoms with Crippen LogP contribution in [0.4, 0.5) is 13.2 Å². The number of H-pyrrole nitrogens is 1. The summed E-state index contributed by atoms with van der Waals surface area (Å²) in [6.45, 7) is -0.907. The number of pyridine rings is 1. The fourth-order valence-electron chi connectivity index (χ4n) is 1.76. The van der Waals surface area contributed by atoms with E-state index in [1.54, 1.807) is 4.98 Å². The first-order valence-electron chi connectivity index (χ1n) is 5.61. The maximum absolute atomic E-state index is 12.4. The van der Waals surface area contributed by atoms with Gasteiger partial charge in [-0.15, -0.1) is 0 Å². The van der Waals surface area contributed by atoms with Crippen molar-refractivity contribution < 1.29 is 27.6 Å². The summed E-state index contributed by atoms with van der Waals surface area (Å²) < 4.78 is 37.2. The molecule has 0 radical (unpaired) electrons. The minimum Gasteiger partial charge on any atom is -0.320 e. The van der Waals surface area contributed by atoms with E-state index in [4.69, 9.17) is 0 Å². The predicted molar refractivity (Wildman–Crippen MR) is 61.1 cm³/mol. The van der Waals surface area contributed by atoms with E-state index in [1.165, 1.54) is 0 Å². The van der Waals surface area contributed by atoms with Crippen molar-refractivity contribution in [3.8, 4) is 0 Å². The van der Waals surface area contributed by atoms with Gasteiger partial charge in [-0.3, -0.25) is 24.5 Å². The monoisotopic (exact) mass is 303 g/mol. The molecule has 1 aromatic heterocycles. The number of halogens is 3. The lowest BCUT2D eigenvalue weighted by atomic mass is 10.2. The van der Waals surface area contributed by atoms with Crippen molar-refractivity contribution in [1.82, 2.24) is 15.2 Å². The van der Waals surface area contributed by atoms with Crippen LogP contribution in [0.2, 0.25) is 0 Å². The summed E-state index contributed by atoms with van der Waals surface area (Å²) in [5.41, 5.74) is -3.12. The molecule has 0 saturated carbocycles. The molecule has 10 heteroatoms. The number of imide groups is 1. The minimum atomic E-state index is -4.75. The molecular formula is C11H8F3N3O4. The molecule has 1 aromatic rings. The third kappa shape index (κ3) is 3.09. The molecule has 1 aliphatic rings. The van der Waals surface area contributed by atoms with Gasteiger partial charge in [-0.05, 0) is 12.1 Å². The van der Waals surface area contributed by atoms with Gasteiger partial charge in [0, 0.05) is 0 Å². The van der Waals surface area contributed by atoms with Crippen LogP contribution in [0.5, 0.6) is 0 Å². The van der Waals surface area contributed by atoms with Gasteiger partial charge in [-0.1, -0.05) is 0 Å². The lowest BCUT2D eigenvalue weighted by Gasteiger charge is -2.25. The Hall–Kier alpha value is -2.65. The molecule has 2 heterocycles. The molecule has 0 unspecified atom stereocenters. The van der Waals surface area contributed by atoms with Gasteiger partial charge in [0.25, 0.3) is 11.5 Å². The zero-order valence-corrected chi connectivity index (χ0v) is 10.3. The van der Waals surface area contributed by atoms with Gasteiger partial charge in [0.1, 0.15) is 24.3 Å². The van der Waals surface area contributed by atoms with Crippen LogP contribution in [0, 0.1) is 0 Å². The summed E-state index contributed by atoms with van der Waals surface area (Å²) in [6.07, 6.45) is -4.75. The third-order valence-electron chi connectivity index (χ3n) is 2.68. The Morgan fingerprint density at radius 2 is 1.67 bits per heavy atom. The number of hydrogen-bond donors (Lipinski definition) is 2. The number of aromatic nitrogens is 1. The van der Waals surface area contributed by atoms with Crippen molar-refractivity contribution in [2.45, 2.75) is 6.18 Å². The molecule has 1 fully saturated rings. The highest BCUT2D eigenvalue weighted by Crippen LogP contribution is 2.26. The summed E-state index contributed by atoms with van der Waals surface area (Å²) in [7, 11) is 0. The van der Waals surface area contributed by atoms with E-state index < -0.39 is 53.8 Å². The Balaban J connectivity index is 2.30. The fraction of sp³-hybridized carbons (Fsp3) is 0.273. The van der Waals surface area contributed by atoms with Crippen molar-refractivity contribution >= 4 is 17.7 Å². The van der Waals surface area contributed by atoms with E-state index in [1.807, 2.05) is 5.32 Å². The van der Waals surface area contributed by atoms with Gasteiger partial charge in [0.2, 0.25) is 11.8 Å². The summed E-state index contributed by atoms with van der Waals surface area (Å²) in [4.78, 5) is 48.1. The number of aromatic amines is 1. The Morgan fingerprint density at radius 3 is 2.14 bits per heavy atom. The summed E-state index contributed by atoms with van der Waals surface area (Å²) in [5, 5.41) is 1.95. The number of nitrogens with one attached hydrogen (secondary N) is 2. The SMILES string of the molecule is O=C1CN(C(=O)c2ccc(C(F)(F)F)[nH]c2=O)CC(=O)N1. The van der Waals surface area contributed by atoms with Gasteiger partial charge < -0.3 is 9.88 Å². The molecule has 2 rings (SSSR count). The second-order valence-corrected chi connectivity index (χ2v) is 4.25. The molecule has 0 aliphatic carbocycles. The zero-order chi connectivity index (χ0) is 15.8. The van der Waals surface area contributed by atoms with Crippen molar-refractivity contribution in [2.24, 2.45) is 0 Å². The Kier molecular flexibility index (Phi) is 3.54. The number of alkyl halides is 3. The standard InChI is InChI=1S/C11H8F3N3O4/c12-11(13,14)6-2-1-5(9(20)15-6)10(21)17-3-7(18)16-8(19)4-17/h1-2H,3-4H2,(H,15,20)(H,16,18,19). The molecule has 0 bridgehead atoms. The number of hydrogen-bond acceptors (Lipinski definition) is 4. The van der Waals surface area contributed by atoms with Gasteiger partial charge in [-0.25, -0.2) is 0 Å². The average molecular weight is 303 g/mol. The zero-order valence-electron chi connectivity index (χ0n) is 10.3. The van der Waals surface area contributed by atoms with Crippen LogP contribution < -0.4 is 10.9 Å². The molecule has 0 aromatic carbocycles. The van der Waals surface area contributed by atoms with Crippen LogP contribution in [-0.2, 0) is 15.8 Å². The van der Waals surface area contributed by atoms with Gasteiger partial charge in [-0.2, -0.15) is 13.2 Å². The predicted octanol–water partition coefficient (Wildman–Crippen LogP) is -0.508. The van der Waals surface area contributed by atoms with Crippen molar-refractivity contribution in [3.63, 3.8) is 0 Å². The highest BCUT2D eigenvalue weighted by atomic mass is 19.4. The summed E-state index contributed by atoms with van der Waals surface area (Å²) in [6, 6.07) is 1.25. The van der Waals surface area contributed by atoms with E-state index in [-0.39, 0.29) is 0 Å². The molecule has 1 saturated heterocycles. The maximum atomic E-state index is 12.4. The largest absolute Gasteiger partial charge is 0.431 e. The number of carbonyl (C=O) groups is 3. The van der Waals surface area contributed by atoms with Crippen molar-refractivity contribution in [1.29, 1.82) is 0 Å². The average Bonchev–Trinajstić information content (AvgIpc) is 2.35. The van der Waals surface area contributed by atoms with E-state index in [9.17, 15) is 32.3 Å². The van der Waals surface area contributed by atoms with E-state index in [2.05, 4.69) is 0 Å². The highest BCUT2D eigenvalue weighted by molar-refractivity contribution is 6.05. The van der Waals surface area contributed by atoms with Crippen LogP contribution in [0.1, 0.15) is 16.1 Å². The first-order chi connectivity index (χ1) is 9.68. The fourth-order valence-corrected chi connectivity index (χ4v) is 1.76. The molecule has 1 aliphatic heterocycles. The van der Waals surface area contributed by atoms with Crippen LogP contribution in [0.15, 0.2) is 16.9 Å². The molecule has 0 spiro atoms.